The Balaban J connectivity index is 1.40. The average molecular weight is 631 g/mol. The normalized spacial score (nSPS) is 16.0. The first-order valence-electron chi connectivity index (χ1n) is 17.7. The van der Waals surface area contributed by atoms with Gasteiger partial charge in [-0.3, -0.25) is 0 Å². The lowest BCUT2D eigenvalue weighted by molar-refractivity contribution is 0.0224. The molecular weight excluding hydrogens is 580 g/mol. The van der Waals surface area contributed by atoms with E-state index in [-0.39, 0.29) is 5.97 Å². The number of carbonyl (C=O) groups is 1. The van der Waals surface area contributed by atoms with E-state index in [9.17, 15) is 4.79 Å². The van der Waals surface area contributed by atoms with Crippen LogP contribution in [0.1, 0.15) is 110 Å². The van der Waals surface area contributed by atoms with E-state index in [1.807, 2.05) is 24.3 Å². The third-order valence-electron chi connectivity index (χ3n) is 9.70. The highest BCUT2D eigenvalue weighted by atomic mass is 16.6. The molecule has 1 unspecified atom stereocenters. The highest BCUT2D eigenvalue weighted by Crippen LogP contribution is 2.57. The fourth-order valence-corrected chi connectivity index (χ4v) is 7.15. The Bertz CT molecular complexity index is 1730. The molecule has 1 N–H and O–H groups in total. The van der Waals surface area contributed by atoms with Crippen molar-refractivity contribution in [1.29, 1.82) is 0 Å². The Labute approximate surface area is 281 Å². The Hall–Kier alpha value is -4.25. The summed E-state index contributed by atoms with van der Waals surface area (Å²) in [5, 5.41) is 3.61. The van der Waals surface area contributed by atoms with Gasteiger partial charge in [0.15, 0.2) is 5.60 Å². The van der Waals surface area contributed by atoms with Crippen molar-refractivity contribution in [1.82, 2.24) is 0 Å². The van der Waals surface area contributed by atoms with Crippen LogP contribution in [0, 0.1) is 19.8 Å². The number of hydrogen-bond donors (Lipinski definition) is 1. The molecule has 2 aliphatic heterocycles. The smallest absolute Gasteiger partial charge is 0.340 e. The van der Waals surface area contributed by atoms with Crippen molar-refractivity contribution in [3.8, 4) is 11.5 Å². The molecule has 0 aliphatic carbocycles. The number of fused-ring (bicyclic) bond motifs is 6. The summed E-state index contributed by atoms with van der Waals surface area (Å²) in [6.07, 6.45) is 9.91. The third-order valence-corrected chi connectivity index (χ3v) is 9.70. The van der Waals surface area contributed by atoms with Crippen molar-refractivity contribution < 1.29 is 14.3 Å². The van der Waals surface area contributed by atoms with Gasteiger partial charge in [0.2, 0.25) is 0 Å². The summed E-state index contributed by atoms with van der Waals surface area (Å²) in [6.45, 7) is 13.1. The van der Waals surface area contributed by atoms with Crippen LogP contribution in [0.3, 0.4) is 0 Å². The Morgan fingerprint density at radius 2 is 1.53 bits per heavy atom. The molecule has 4 aromatic carbocycles. The van der Waals surface area contributed by atoms with Crippen molar-refractivity contribution in [2.75, 3.05) is 23.3 Å². The summed E-state index contributed by atoms with van der Waals surface area (Å²) in [6, 6.07) is 26.8. The lowest BCUT2D eigenvalue weighted by Crippen LogP contribution is -2.33. The predicted octanol–water partition coefficient (Wildman–Crippen LogP) is 11.2. The van der Waals surface area contributed by atoms with Gasteiger partial charge in [0.05, 0.1) is 5.56 Å². The van der Waals surface area contributed by atoms with Crippen LogP contribution in [0.2, 0.25) is 0 Å². The second-order valence-electron chi connectivity index (χ2n) is 13.8. The van der Waals surface area contributed by atoms with Crippen LogP contribution in [0.25, 0.3) is 0 Å². The van der Waals surface area contributed by atoms with Gasteiger partial charge >= 0.3 is 5.97 Å². The summed E-state index contributed by atoms with van der Waals surface area (Å²) in [5.74, 6) is 1.88. The maximum absolute atomic E-state index is 13.5. The second-order valence-corrected chi connectivity index (χ2v) is 13.8. The van der Waals surface area contributed by atoms with E-state index < -0.39 is 5.60 Å². The molecule has 2 aliphatic rings. The number of rotatable bonds is 14. The summed E-state index contributed by atoms with van der Waals surface area (Å²) < 4.78 is 13.3. The molecule has 5 nitrogen and oxygen atoms in total. The van der Waals surface area contributed by atoms with E-state index in [2.05, 4.69) is 99.4 Å². The fourth-order valence-electron chi connectivity index (χ4n) is 7.15. The zero-order chi connectivity index (χ0) is 33.0. The van der Waals surface area contributed by atoms with Crippen molar-refractivity contribution in [3.63, 3.8) is 0 Å². The van der Waals surface area contributed by atoms with E-state index in [1.165, 1.54) is 56.9 Å². The van der Waals surface area contributed by atoms with E-state index >= 15 is 0 Å². The molecule has 1 spiro atoms. The minimum absolute atomic E-state index is 0.309. The maximum atomic E-state index is 13.5. The molecule has 0 saturated heterocycles. The molecule has 246 valence electrons. The Morgan fingerprint density at radius 3 is 2.32 bits per heavy atom. The van der Waals surface area contributed by atoms with Gasteiger partial charge in [-0.25, -0.2) is 4.79 Å². The molecule has 0 bridgehead atoms. The first kappa shape index (κ1) is 32.7. The summed E-state index contributed by atoms with van der Waals surface area (Å²) in [5.41, 5.74) is 7.41. The van der Waals surface area contributed by atoms with Crippen LogP contribution in [0.15, 0.2) is 78.9 Å². The number of esters is 1. The number of carbonyl (C=O) groups excluding carboxylic acids is 1. The Kier molecular flexibility index (Phi) is 9.91. The number of nitrogens with one attached hydrogen (secondary N) is 1. The van der Waals surface area contributed by atoms with Crippen molar-refractivity contribution in [2.45, 2.75) is 91.6 Å². The van der Waals surface area contributed by atoms with Gasteiger partial charge in [-0.05, 0) is 86.2 Å². The zero-order valence-electron chi connectivity index (χ0n) is 28.8. The maximum Gasteiger partial charge on any atom is 0.340 e. The number of nitrogens with zero attached hydrogens (tertiary/aromatic N) is 1. The van der Waals surface area contributed by atoms with Crippen LogP contribution in [0.5, 0.6) is 11.5 Å². The van der Waals surface area contributed by atoms with Gasteiger partial charge < -0.3 is 19.7 Å². The van der Waals surface area contributed by atoms with Crippen LogP contribution in [-0.2, 0) is 10.3 Å². The molecule has 1 atom stereocenters. The number of hydrogen-bond acceptors (Lipinski definition) is 5. The first-order valence-corrected chi connectivity index (χ1v) is 17.7. The molecule has 0 saturated carbocycles. The van der Waals surface area contributed by atoms with Crippen LogP contribution in [-0.4, -0.2) is 19.1 Å². The van der Waals surface area contributed by atoms with E-state index in [0.717, 1.165) is 69.8 Å². The minimum Gasteiger partial charge on any atom is -0.456 e. The van der Waals surface area contributed by atoms with Crippen molar-refractivity contribution in [3.05, 3.63) is 112 Å². The summed E-state index contributed by atoms with van der Waals surface area (Å²) >= 11 is 0. The average Bonchev–Trinajstić information content (AvgIpc) is 3.35. The van der Waals surface area contributed by atoms with Gasteiger partial charge in [-0.1, -0.05) is 89.6 Å². The summed E-state index contributed by atoms with van der Waals surface area (Å²) in [4.78, 5) is 16.0. The highest BCUT2D eigenvalue weighted by molar-refractivity contribution is 5.97. The van der Waals surface area contributed by atoms with Crippen LogP contribution in [0.4, 0.5) is 17.1 Å². The van der Waals surface area contributed by atoms with Crippen molar-refractivity contribution in [2.24, 2.45) is 5.92 Å². The van der Waals surface area contributed by atoms with Gasteiger partial charge in [-0.15, -0.1) is 0 Å². The van der Waals surface area contributed by atoms with E-state index in [1.54, 1.807) is 0 Å². The highest BCUT2D eigenvalue weighted by Gasteiger charge is 2.53. The Morgan fingerprint density at radius 1 is 0.766 bits per heavy atom. The molecule has 0 amide bonds. The molecule has 6 rings (SSSR count). The molecule has 0 aromatic heterocycles. The van der Waals surface area contributed by atoms with Crippen LogP contribution >= 0.6 is 0 Å². The molecular formula is C42H50N2O3. The number of anilines is 3. The SMILES string of the molecule is CCCCCCCN(CCCCC(C)C)c1ccc2c(c1)Oc1cc(C)c(Nc3cccc(C)c3)cc1C21OC(=O)c2ccccc21. The largest absolute Gasteiger partial charge is 0.456 e. The van der Waals surface area contributed by atoms with Crippen molar-refractivity contribution >= 4 is 23.0 Å². The quantitative estimate of drug-likeness (QED) is 0.111. The second kappa shape index (κ2) is 14.3. The first-order chi connectivity index (χ1) is 22.8. The topological polar surface area (TPSA) is 50.8 Å². The lowest BCUT2D eigenvalue weighted by atomic mass is 9.77. The predicted molar refractivity (Wildman–Crippen MR) is 194 cm³/mol. The molecule has 4 aromatic rings. The number of unbranched alkanes of at least 4 members (excludes halogenated alkanes) is 5. The van der Waals surface area contributed by atoms with Crippen LogP contribution < -0.4 is 15.0 Å². The fraction of sp³-hybridized carbons (Fsp3) is 0.405. The number of aryl methyl sites for hydroxylation is 2. The molecule has 0 radical (unpaired) electrons. The van der Waals surface area contributed by atoms with Gasteiger partial charge in [0.25, 0.3) is 0 Å². The molecule has 47 heavy (non-hydrogen) atoms. The van der Waals surface area contributed by atoms with E-state index in [4.69, 9.17) is 9.47 Å². The monoisotopic (exact) mass is 630 g/mol. The number of ether oxygens (including phenoxy) is 2. The molecule has 0 fully saturated rings. The lowest BCUT2D eigenvalue weighted by Gasteiger charge is -2.38. The molecule has 5 heteroatoms. The standard InChI is InChI=1S/C42H50N2O3/c1-6-7-8-9-13-23-44(24-14-12-16-29(2)3)33-21-22-36-40(27-33)46-39-26-31(5)38(43-32-18-15-17-30(4)25-32)28-37(39)42(36)35-20-11-10-19-34(35)41(45)47-42/h10-11,15,17-22,25-29,43H,6-9,12-14,16,23-24H2,1-5H3. The minimum atomic E-state index is -1.10. The molecule has 2 heterocycles. The summed E-state index contributed by atoms with van der Waals surface area (Å²) in [7, 11) is 0. The third kappa shape index (κ3) is 6.76. The van der Waals surface area contributed by atoms with Gasteiger partial charge in [0, 0.05) is 52.9 Å². The number of benzene rings is 4. The van der Waals surface area contributed by atoms with E-state index in [0.29, 0.717) is 5.56 Å². The zero-order valence-corrected chi connectivity index (χ0v) is 28.8. The van der Waals surface area contributed by atoms with Gasteiger partial charge in [0.1, 0.15) is 11.5 Å². The van der Waals surface area contributed by atoms with Gasteiger partial charge in [-0.2, -0.15) is 0 Å².